The highest BCUT2D eigenvalue weighted by Crippen LogP contribution is 2.58. The molecule has 0 amide bonds. The maximum Gasteiger partial charge on any atom is 0.164 e. The van der Waals surface area contributed by atoms with Crippen LogP contribution in [0.1, 0.15) is 11.1 Å². The molecule has 8 aromatic rings. The van der Waals surface area contributed by atoms with E-state index in [1.165, 1.54) is 27.8 Å². The maximum absolute atomic E-state index is 5.27. The first-order chi connectivity index (χ1) is 29.7. The third-order valence-corrected chi connectivity index (χ3v) is 13.0. The lowest BCUT2D eigenvalue weighted by Crippen LogP contribution is -2.38. The van der Waals surface area contributed by atoms with Crippen molar-refractivity contribution < 1.29 is 0 Å². The van der Waals surface area contributed by atoms with Gasteiger partial charge in [-0.25, -0.2) is 15.0 Å². The summed E-state index contributed by atoms with van der Waals surface area (Å²) in [5.74, 6) is 2.02. The number of rotatable bonds is 5. The van der Waals surface area contributed by atoms with Crippen molar-refractivity contribution in [1.29, 1.82) is 0 Å². The Balaban J connectivity index is 1.12. The van der Waals surface area contributed by atoms with Gasteiger partial charge in [0.1, 0.15) is 0 Å². The molecule has 0 N–H and O–H groups in total. The molecule has 1 spiro atoms. The highest BCUT2D eigenvalue weighted by molar-refractivity contribution is 8.02. The first kappa shape index (κ1) is 35.9. The highest BCUT2D eigenvalue weighted by atomic mass is 32.2. The van der Waals surface area contributed by atoms with Crippen LogP contribution in [0.3, 0.4) is 0 Å². The summed E-state index contributed by atoms with van der Waals surface area (Å²) in [6.45, 7) is 0. The van der Waals surface area contributed by atoms with Crippen molar-refractivity contribution >= 4 is 22.7 Å². The summed E-state index contributed by atoms with van der Waals surface area (Å²) >= 11 is 1.87. The van der Waals surface area contributed by atoms with E-state index in [1.54, 1.807) is 0 Å². The molecular weight excluding hydrogens is 749 g/mol. The van der Waals surface area contributed by atoms with Gasteiger partial charge in [-0.3, -0.25) is 4.98 Å². The molecule has 3 atom stereocenters. The second-order valence-corrected chi connectivity index (χ2v) is 16.5. The lowest BCUT2D eigenvalue weighted by Gasteiger charge is -2.40. The van der Waals surface area contributed by atoms with Gasteiger partial charge in [-0.2, -0.15) is 0 Å². The van der Waals surface area contributed by atoms with Crippen molar-refractivity contribution in [2.45, 2.75) is 10.7 Å². The Kier molecular flexibility index (Phi) is 9.09. The van der Waals surface area contributed by atoms with Crippen molar-refractivity contribution in [1.82, 2.24) is 19.9 Å². The number of hydrogen-bond donors (Lipinski definition) is 0. The predicted octanol–water partition coefficient (Wildman–Crippen LogP) is 13.5. The van der Waals surface area contributed by atoms with Crippen LogP contribution in [0, 0.1) is 5.92 Å². The van der Waals surface area contributed by atoms with Gasteiger partial charge >= 0.3 is 0 Å². The maximum atomic E-state index is 5.27. The van der Waals surface area contributed by atoms with Crippen LogP contribution in [-0.4, -0.2) is 25.2 Å². The summed E-state index contributed by atoms with van der Waals surface area (Å²) in [6.07, 6.45) is 22.1. The summed E-state index contributed by atoms with van der Waals surface area (Å²) in [5, 5.41) is 3.55. The Labute approximate surface area is 354 Å². The number of aromatic nitrogens is 4. The lowest BCUT2D eigenvalue weighted by molar-refractivity contribution is 0.482. The Morgan fingerprint density at radius 1 is 0.433 bits per heavy atom. The van der Waals surface area contributed by atoms with E-state index in [9.17, 15) is 0 Å². The molecule has 284 valence electrons. The Hall–Kier alpha value is -7.21. The van der Waals surface area contributed by atoms with Gasteiger partial charge in [0, 0.05) is 44.9 Å². The van der Waals surface area contributed by atoms with Gasteiger partial charge in [-0.05, 0) is 80.2 Å². The van der Waals surface area contributed by atoms with E-state index in [0.717, 1.165) is 44.3 Å². The zero-order valence-corrected chi connectivity index (χ0v) is 33.5. The monoisotopic (exact) mass is 786 g/mol. The van der Waals surface area contributed by atoms with Crippen LogP contribution in [0.5, 0.6) is 0 Å². The quantitative estimate of drug-likeness (QED) is 0.174. The van der Waals surface area contributed by atoms with E-state index in [2.05, 4.69) is 181 Å². The molecule has 4 nitrogen and oxygen atoms in total. The SMILES string of the molecule is C1=CC2S/C=C/C=C\C=C\C3(c4cc(-c5ccc6cccnc6c5)ccc4-c4ccc(-c5nc(-c6ccccc6)nc(-c6cccc(-c7ccccc7)c6)n5)cc43)C2C=C1. The minimum Gasteiger partial charge on any atom is -0.256 e. The van der Waals surface area contributed by atoms with Gasteiger partial charge in [0.15, 0.2) is 17.5 Å². The summed E-state index contributed by atoms with van der Waals surface area (Å²) in [4.78, 5) is 20.3. The van der Waals surface area contributed by atoms with Crippen molar-refractivity contribution in [2.24, 2.45) is 5.92 Å². The van der Waals surface area contributed by atoms with Crippen molar-refractivity contribution in [3.8, 4) is 67.5 Å². The topological polar surface area (TPSA) is 51.6 Å². The summed E-state index contributed by atoms with van der Waals surface area (Å²) in [6, 6.07) is 53.7. The normalized spacial score (nSPS) is 20.3. The van der Waals surface area contributed by atoms with Crippen LogP contribution in [-0.2, 0) is 5.41 Å². The van der Waals surface area contributed by atoms with Gasteiger partial charge in [-0.15, -0.1) is 11.8 Å². The molecule has 60 heavy (non-hydrogen) atoms. The molecule has 0 radical (unpaired) electrons. The summed E-state index contributed by atoms with van der Waals surface area (Å²) < 4.78 is 0. The van der Waals surface area contributed by atoms with Crippen LogP contribution >= 0.6 is 11.8 Å². The van der Waals surface area contributed by atoms with Gasteiger partial charge in [-0.1, -0.05) is 176 Å². The first-order valence-corrected chi connectivity index (χ1v) is 21.3. The molecule has 2 aromatic heterocycles. The zero-order chi connectivity index (χ0) is 39.9. The molecule has 2 aliphatic carbocycles. The molecule has 6 aromatic carbocycles. The number of nitrogens with zero attached hydrogens (tertiary/aromatic N) is 4. The summed E-state index contributed by atoms with van der Waals surface area (Å²) in [7, 11) is 0. The molecule has 1 aliphatic heterocycles. The average Bonchev–Trinajstić information content (AvgIpc) is 3.60. The van der Waals surface area contributed by atoms with Crippen LogP contribution in [0.15, 0.2) is 218 Å². The zero-order valence-electron chi connectivity index (χ0n) is 32.6. The van der Waals surface area contributed by atoms with Gasteiger partial charge in [0.2, 0.25) is 0 Å². The van der Waals surface area contributed by atoms with Crippen LogP contribution < -0.4 is 0 Å². The van der Waals surface area contributed by atoms with Crippen LogP contribution in [0.4, 0.5) is 0 Å². The Morgan fingerprint density at radius 3 is 1.83 bits per heavy atom. The molecule has 0 saturated heterocycles. The molecule has 0 fully saturated rings. The third kappa shape index (κ3) is 6.35. The standard InChI is InChI=1S/C55H38N4S/c1-2-12-32-60-51-23-10-9-22-47(51)55(30-11-1)48-34-41(42-25-24-38-21-14-31-56-50(38)36-42)26-28-45(48)46-29-27-44(35-49(46)55)54-58-52(39-17-7-4-8-18-39)57-53(59-54)43-20-13-19-40(33-43)37-15-5-3-6-16-37/h1-36,47,51H/b2-1-,30-11+,32-12+. The number of pyridine rings is 1. The van der Waals surface area contributed by atoms with E-state index in [1.807, 2.05) is 48.3 Å². The van der Waals surface area contributed by atoms with Gasteiger partial charge < -0.3 is 0 Å². The van der Waals surface area contributed by atoms with Crippen LogP contribution in [0.2, 0.25) is 0 Å². The third-order valence-electron chi connectivity index (χ3n) is 11.9. The Bertz CT molecular complexity index is 3090. The number of allylic oxidation sites excluding steroid dienone is 8. The van der Waals surface area contributed by atoms with E-state index in [4.69, 9.17) is 19.9 Å². The molecule has 11 rings (SSSR count). The molecular formula is C55H38N4S. The minimum absolute atomic E-state index is 0.109. The van der Waals surface area contributed by atoms with Gasteiger partial charge in [0.25, 0.3) is 0 Å². The van der Waals surface area contributed by atoms with E-state index < -0.39 is 5.41 Å². The number of benzene rings is 6. The second kappa shape index (κ2) is 15.2. The molecule has 3 aliphatic rings. The molecule has 3 unspecified atom stereocenters. The first-order valence-electron chi connectivity index (χ1n) is 20.4. The lowest BCUT2D eigenvalue weighted by atomic mass is 9.65. The number of thioether (sulfide) groups is 1. The smallest absolute Gasteiger partial charge is 0.164 e. The van der Waals surface area contributed by atoms with Crippen molar-refractivity contribution in [2.75, 3.05) is 0 Å². The summed E-state index contributed by atoms with van der Waals surface area (Å²) in [5.41, 5.74) is 12.9. The van der Waals surface area contributed by atoms with E-state index in [0.29, 0.717) is 17.5 Å². The highest BCUT2D eigenvalue weighted by Gasteiger charge is 2.49. The second-order valence-electron chi connectivity index (χ2n) is 15.4. The van der Waals surface area contributed by atoms with Crippen LogP contribution in [0.25, 0.3) is 78.4 Å². The molecule has 3 heterocycles. The fourth-order valence-corrected chi connectivity index (χ4v) is 10.1. The predicted molar refractivity (Wildman–Crippen MR) is 249 cm³/mol. The van der Waals surface area contributed by atoms with Crippen molar-refractivity contribution in [3.63, 3.8) is 0 Å². The molecule has 0 saturated carbocycles. The fourth-order valence-electron chi connectivity index (χ4n) is 9.07. The molecule has 0 bridgehead atoms. The van der Waals surface area contributed by atoms with Crippen molar-refractivity contribution in [3.05, 3.63) is 229 Å². The largest absolute Gasteiger partial charge is 0.256 e. The van der Waals surface area contributed by atoms with Gasteiger partial charge in [0.05, 0.1) is 5.52 Å². The Morgan fingerprint density at radius 2 is 1.03 bits per heavy atom. The van der Waals surface area contributed by atoms with E-state index >= 15 is 0 Å². The minimum atomic E-state index is -0.512. The number of fused-ring (bicyclic) bond motifs is 8. The fraction of sp³-hybridized carbons (Fsp3) is 0.0545. The molecule has 5 heteroatoms. The number of hydrogen-bond acceptors (Lipinski definition) is 5. The van der Waals surface area contributed by atoms with E-state index in [-0.39, 0.29) is 11.2 Å². The average molecular weight is 787 g/mol.